The lowest BCUT2D eigenvalue weighted by molar-refractivity contribution is 0.102. The van der Waals surface area contributed by atoms with Crippen LogP contribution in [0.5, 0.6) is 0 Å². The van der Waals surface area contributed by atoms with E-state index in [4.69, 9.17) is 0 Å². The number of hydrogen-bond acceptors (Lipinski definition) is 3. The number of piperidine rings is 1. The van der Waals surface area contributed by atoms with Gasteiger partial charge >= 0.3 is 0 Å². The van der Waals surface area contributed by atoms with E-state index in [2.05, 4.69) is 51.2 Å². The van der Waals surface area contributed by atoms with Crippen molar-refractivity contribution >= 4 is 33.2 Å². The molecule has 1 amide bonds. The summed E-state index contributed by atoms with van der Waals surface area (Å²) < 4.78 is 0.798. The Morgan fingerprint density at radius 3 is 2.60 bits per heavy atom. The number of amides is 1. The van der Waals surface area contributed by atoms with E-state index < -0.39 is 0 Å². The molecule has 132 valence electrons. The number of carbonyl (C=O) groups is 1. The van der Waals surface area contributed by atoms with Gasteiger partial charge < -0.3 is 15.1 Å². The summed E-state index contributed by atoms with van der Waals surface area (Å²) in [6.45, 7) is 2.26. The molecule has 0 unspecified atom stereocenters. The van der Waals surface area contributed by atoms with E-state index in [1.54, 1.807) is 0 Å². The summed E-state index contributed by atoms with van der Waals surface area (Å²) in [5.74, 6) is -0.105. The molecular formula is C20H24BrN3O. The van der Waals surface area contributed by atoms with E-state index in [0.29, 0.717) is 11.6 Å². The maximum absolute atomic E-state index is 12.5. The van der Waals surface area contributed by atoms with Crippen molar-refractivity contribution in [2.45, 2.75) is 18.9 Å². The molecule has 25 heavy (non-hydrogen) atoms. The van der Waals surface area contributed by atoms with Gasteiger partial charge in [-0.2, -0.15) is 0 Å². The minimum absolute atomic E-state index is 0.105. The summed E-state index contributed by atoms with van der Waals surface area (Å²) in [6, 6.07) is 16.1. The Hall–Kier alpha value is -1.85. The third-order valence-electron chi connectivity index (χ3n) is 4.87. The molecule has 1 aliphatic rings. The molecule has 0 radical (unpaired) electrons. The van der Waals surface area contributed by atoms with Crippen molar-refractivity contribution in [2.75, 3.05) is 37.4 Å². The monoisotopic (exact) mass is 401 g/mol. The van der Waals surface area contributed by atoms with E-state index in [0.717, 1.165) is 28.9 Å². The zero-order chi connectivity index (χ0) is 17.8. The van der Waals surface area contributed by atoms with Gasteiger partial charge in [-0.1, -0.05) is 18.2 Å². The molecule has 1 N–H and O–H groups in total. The Balaban J connectivity index is 1.71. The van der Waals surface area contributed by atoms with E-state index in [1.807, 2.05) is 42.5 Å². The number of anilines is 2. The molecule has 2 aromatic rings. The summed E-state index contributed by atoms with van der Waals surface area (Å²) in [4.78, 5) is 17.2. The molecule has 1 heterocycles. The van der Waals surface area contributed by atoms with Crippen LogP contribution in [-0.4, -0.2) is 44.0 Å². The Bertz CT molecular complexity index is 741. The third-order valence-corrected chi connectivity index (χ3v) is 5.56. The number of nitrogens with zero attached hydrogens (tertiary/aromatic N) is 2. The fourth-order valence-electron chi connectivity index (χ4n) is 3.24. The van der Waals surface area contributed by atoms with E-state index >= 15 is 0 Å². The molecule has 3 rings (SSSR count). The molecule has 0 bridgehead atoms. The number of carbonyl (C=O) groups excluding carboxylic acids is 1. The van der Waals surface area contributed by atoms with Crippen LogP contribution in [0.15, 0.2) is 53.0 Å². The predicted molar refractivity (Wildman–Crippen MR) is 107 cm³/mol. The zero-order valence-electron chi connectivity index (χ0n) is 14.7. The molecule has 1 aliphatic heterocycles. The van der Waals surface area contributed by atoms with Crippen LogP contribution in [0.4, 0.5) is 11.4 Å². The molecule has 0 aromatic heterocycles. The van der Waals surface area contributed by atoms with Gasteiger partial charge in [0.1, 0.15) is 0 Å². The number of likely N-dealkylation sites (tertiary alicyclic amines) is 1. The van der Waals surface area contributed by atoms with Gasteiger partial charge in [0.25, 0.3) is 5.91 Å². The maximum Gasteiger partial charge on any atom is 0.256 e. The quantitative estimate of drug-likeness (QED) is 0.832. The van der Waals surface area contributed by atoms with Crippen LogP contribution < -0.4 is 10.2 Å². The highest BCUT2D eigenvalue weighted by atomic mass is 79.9. The Morgan fingerprint density at radius 2 is 1.88 bits per heavy atom. The van der Waals surface area contributed by atoms with Gasteiger partial charge in [-0.15, -0.1) is 0 Å². The van der Waals surface area contributed by atoms with Crippen molar-refractivity contribution in [1.82, 2.24) is 4.90 Å². The maximum atomic E-state index is 12.5. The van der Waals surface area contributed by atoms with Crippen LogP contribution in [0.2, 0.25) is 0 Å². The normalized spacial score (nSPS) is 15.8. The molecule has 1 saturated heterocycles. The number of nitrogens with one attached hydrogen (secondary N) is 1. The molecule has 0 saturated carbocycles. The highest BCUT2D eigenvalue weighted by Gasteiger charge is 2.21. The van der Waals surface area contributed by atoms with Crippen LogP contribution in [-0.2, 0) is 0 Å². The summed E-state index contributed by atoms with van der Waals surface area (Å²) in [5, 5.41) is 3.00. The van der Waals surface area contributed by atoms with Crippen LogP contribution in [0, 0.1) is 0 Å². The highest BCUT2D eigenvalue weighted by molar-refractivity contribution is 9.10. The van der Waals surface area contributed by atoms with Crippen LogP contribution in [0.3, 0.4) is 0 Å². The van der Waals surface area contributed by atoms with E-state index in [1.165, 1.54) is 12.8 Å². The lowest BCUT2D eigenvalue weighted by atomic mass is 10.0. The number of rotatable bonds is 4. The van der Waals surface area contributed by atoms with Gasteiger partial charge in [-0.3, -0.25) is 4.79 Å². The van der Waals surface area contributed by atoms with Crippen molar-refractivity contribution in [3.8, 4) is 0 Å². The highest BCUT2D eigenvalue weighted by Crippen LogP contribution is 2.25. The second-order valence-corrected chi connectivity index (χ2v) is 7.48. The Kier molecular flexibility index (Phi) is 5.76. The molecule has 0 aliphatic carbocycles. The van der Waals surface area contributed by atoms with Gasteiger partial charge in [0.15, 0.2) is 0 Å². The number of benzene rings is 2. The molecule has 4 nitrogen and oxygen atoms in total. The molecule has 0 spiro atoms. The van der Waals surface area contributed by atoms with Gasteiger partial charge in [0.2, 0.25) is 0 Å². The fraction of sp³-hybridized carbons (Fsp3) is 0.350. The second-order valence-electron chi connectivity index (χ2n) is 6.63. The first-order valence-corrected chi connectivity index (χ1v) is 9.41. The number of halogens is 1. The van der Waals surface area contributed by atoms with Crippen molar-refractivity contribution in [1.29, 1.82) is 0 Å². The lowest BCUT2D eigenvalue weighted by Crippen LogP contribution is -2.42. The van der Waals surface area contributed by atoms with Crippen molar-refractivity contribution in [3.63, 3.8) is 0 Å². The summed E-state index contributed by atoms with van der Waals surface area (Å²) in [5.41, 5.74) is 2.59. The minimum atomic E-state index is -0.105. The standard InChI is InChI=1S/C20H24BrN3O/c1-23-12-10-16(11-13-23)24(2)17-7-5-6-15(14-17)22-20(25)18-8-3-4-9-19(18)21/h3-9,14,16H,10-13H2,1-2H3,(H,22,25). The topological polar surface area (TPSA) is 35.6 Å². The summed E-state index contributed by atoms with van der Waals surface area (Å²) >= 11 is 3.43. The Morgan fingerprint density at radius 1 is 1.16 bits per heavy atom. The number of hydrogen-bond donors (Lipinski definition) is 1. The Labute approximate surface area is 158 Å². The minimum Gasteiger partial charge on any atom is -0.371 e. The molecule has 2 aromatic carbocycles. The average molecular weight is 402 g/mol. The predicted octanol–water partition coefficient (Wildman–Crippen LogP) is 4.23. The SMILES string of the molecule is CN1CCC(N(C)c2cccc(NC(=O)c3ccccc3Br)c2)CC1. The summed E-state index contributed by atoms with van der Waals surface area (Å²) in [7, 11) is 4.32. The summed E-state index contributed by atoms with van der Waals surface area (Å²) in [6.07, 6.45) is 2.33. The van der Waals surface area contributed by atoms with Gasteiger partial charge in [0, 0.05) is 28.9 Å². The van der Waals surface area contributed by atoms with Gasteiger partial charge in [0.05, 0.1) is 5.56 Å². The van der Waals surface area contributed by atoms with E-state index in [-0.39, 0.29) is 5.91 Å². The molecule has 1 fully saturated rings. The van der Waals surface area contributed by atoms with Gasteiger partial charge in [-0.25, -0.2) is 0 Å². The molecular weight excluding hydrogens is 378 g/mol. The first-order valence-electron chi connectivity index (χ1n) is 8.62. The van der Waals surface area contributed by atoms with Crippen LogP contribution in [0.1, 0.15) is 23.2 Å². The largest absolute Gasteiger partial charge is 0.371 e. The zero-order valence-corrected chi connectivity index (χ0v) is 16.3. The molecule has 0 atom stereocenters. The van der Waals surface area contributed by atoms with E-state index in [9.17, 15) is 4.79 Å². The lowest BCUT2D eigenvalue weighted by Gasteiger charge is -2.36. The van der Waals surface area contributed by atoms with Crippen LogP contribution in [0.25, 0.3) is 0 Å². The van der Waals surface area contributed by atoms with Crippen molar-refractivity contribution in [2.24, 2.45) is 0 Å². The average Bonchev–Trinajstić information content (AvgIpc) is 2.62. The van der Waals surface area contributed by atoms with Gasteiger partial charge in [-0.05, 0) is 79.2 Å². The smallest absolute Gasteiger partial charge is 0.256 e. The molecule has 5 heteroatoms. The van der Waals surface area contributed by atoms with Crippen LogP contribution >= 0.6 is 15.9 Å². The first-order chi connectivity index (χ1) is 12.0. The van der Waals surface area contributed by atoms with Crippen molar-refractivity contribution in [3.05, 3.63) is 58.6 Å². The third kappa shape index (κ3) is 4.41. The fourth-order valence-corrected chi connectivity index (χ4v) is 3.70. The first kappa shape index (κ1) is 18.0. The second kappa shape index (κ2) is 8.02. The van der Waals surface area contributed by atoms with Crippen molar-refractivity contribution < 1.29 is 4.79 Å².